The SMILES string of the molecule is CCN(C)CC(=O)OC. The monoisotopic (exact) mass is 131 g/mol. The second-order valence-electron chi connectivity index (χ2n) is 1.91. The Morgan fingerprint density at radius 1 is 1.67 bits per heavy atom. The van der Waals surface area contributed by atoms with Crippen LogP contribution in [0.15, 0.2) is 0 Å². The highest BCUT2D eigenvalue weighted by Gasteiger charge is 2.01. The van der Waals surface area contributed by atoms with Gasteiger partial charge >= 0.3 is 5.97 Å². The minimum absolute atomic E-state index is 0.181. The number of carbonyl (C=O) groups is 1. The van der Waals surface area contributed by atoms with Crippen LogP contribution in [0.2, 0.25) is 0 Å². The Hall–Kier alpha value is -0.570. The van der Waals surface area contributed by atoms with Gasteiger partial charge in [-0.05, 0) is 13.6 Å². The van der Waals surface area contributed by atoms with E-state index in [9.17, 15) is 4.79 Å². The average Bonchev–Trinajstić information content (AvgIpc) is 1.87. The molecule has 0 spiro atoms. The van der Waals surface area contributed by atoms with E-state index in [1.165, 1.54) is 7.11 Å². The van der Waals surface area contributed by atoms with E-state index in [0.29, 0.717) is 6.54 Å². The fourth-order valence-corrected chi connectivity index (χ4v) is 0.397. The van der Waals surface area contributed by atoms with Crippen molar-refractivity contribution in [3.05, 3.63) is 0 Å². The Morgan fingerprint density at radius 3 is 2.56 bits per heavy atom. The van der Waals surface area contributed by atoms with E-state index >= 15 is 0 Å². The van der Waals surface area contributed by atoms with Crippen LogP contribution in [0.3, 0.4) is 0 Å². The van der Waals surface area contributed by atoms with Gasteiger partial charge in [0, 0.05) is 0 Å². The van der Waals surface area contributed by atoms with E-state index in [0.717, 1.165) is 6.54 Å². The lowest BCUT2D eigenvalue weighted by molar-refractivity contribution is -0.141. The van der Waals surface area contributed by atoms with Gasteiger partial charge in [-0.3, -0.25) is 9.69 Å². The van der Waals surface area contributed by atoms with Crippen molar-refractivity contribution < 1.29 is 9.53 Å². The van der Waals surface area contributed by atoms with Crippen LogP contribution in [0.1, 0.15) is 6.92 Å². The van der Waals surface area contributed by atoms with Crippen molar-refractivity contribution in [2.24, 2.45) is 0 Å². The third-order valence-electron chi connectivity index (χ3n) is 1.17. The number of hydrogen-bond acceptors (Lipinski definition) is 3. The van der Waals surface area contributed by atoms with E-state index in [2.05, 4.69) is 4.74 Å². The van der Waals surface area contributed by atoms with Gasteiger partial charge in [-0.1, -0.05) is 6.92 Å². The first-order valence-corrected chi connectivity index (χ1v) is 2.96. The minimum atomic E-state index is -0.181. The third kappa shape index (κ3) is 3.97. The molecule has 0 N–H and O–H groups in total. The van der Waals surface area contributed by atoms with Crippen LogP contribution >= 0.6 is 0 Å². The zero-order valence-corrected chi connectivity index (χ0v) is 6.18. The van der Waals surface area contributed by atoms with Gasteiger partial charge in [0.2, 0.25) is 0 Å². The first-order valence-electron chi connectivity index (χ1n) is 2.96. The van der Waals surface area contributed by atoms with Crippen molar-refractivity contribution in [1.29, 1.82) is 0 Å². The fraction of sp³-hybridized carbons (Fsp3) is 0.833. The first-order chi connectivity index (χ1) is 4.20. The van der Waals surface area contributed by atoms with Gasteiger partial charge in [0.15, 0.2) is 0 Å². The standard InChI is InChI=1S/C6H13NO2/c1-4-7(2)5-6(8)9-3/h4-5H2,1-3H3. The summed E-state index contributed by atoms with van der Waals surface area (Å²) in [6.07, 6.45) is 0. The van der Waals surface area contributed by atoms with Crippen molar-refractivity contribution in [3.63, 3.8) is 0 Å². The Balaban J connectivity index is 3.34. The van der Waals surface area contributed by atoms with Gasteiger partial charge in [-0.15, -0.1) is 0 Å². The fourth-order valence-electron chi connectivity index (χ4n) is 0.397. The summed E-state index contributed by atoms with van der Waals surface area (Å²) in [6, 6.07) is 0. The normalized spacial score (nSPS) is 9.78. The molecule has 0 aliphatic carbocycles. The summed E-state index contributed by atoms with van der Waals surface area (Å²) in [5.41, 5.74) is 0. The highest BCUT2D eigenvalue weighted by atomic mass is 16.5. The topological polar surface area (TPSA) is 29.5 Å². The smallest absolute Gasteiger partial charge is 0.319 e. The van der Waals surface area contributed by atoms with Crippen molar-refractivity contribution in [3.8, 4) is 0 Å². The highest BCUT2D eigenvalue weighted by Crippen LogP contribution is 1.81. The molecule has 0 atom stereocenters. The Labute approximate surface area is 55.6 Å². The largest absolute Gasteiger partial charge is 0.468 e. The minimum Gasteiger partial charge on any atom is -0.468 e. The molecule has 0 heterocycles. The zero-order valence-electron chi connectivity index (χ0n) is 6.18. The van der Waals surface area contributed by atoms with Crippen molar-refractivity contribution >= 4 is 5.97 Å². The summed E-state index contributed by atoms with van der Waals surface area (Å²) >= 11 is 0. The quantitative estimate of drug-likeness (QED) is 0.509. The molecule has 3 nitrogen and oxygen atoms in total. The van der Waals surface area contributed by atoms with Crippen LogP contribution in [0.4, 0.5) is 0 Å². The molecule has 0 unspecified atom stereocenters. The van der Waals surface area contributed by atoms with E-state index in [1.807, 2.05) is 18.9 Å². The van der Waals surface area contributed by atoms with Crippen LogP contribution in [0.5, 0.6) is 0 Å². The zero-order chi connectivity index (χ0) is 7.28. The van der Waals surface area contributed by atoms with Gasteiger partial charge in [-0.2, -0.15) is 0 Å². The number of methoxy groups -OCH3 is 1. The summed E-state index contributed by atoms with van der Waals surface area (Å²) in [4.78, 5) is 12.4. The molecule has 0 aromatic rings. The molecule has 0 fully saturated rings. The number of ether oxygens (including phenoxy) is 1. The van der Waals surface area contributed by atoms with Crippen LogP contribution in [-0.4, -0.2) is 38.1 Å². The van der Waals surface area contributed by atoms with E-state index in [1.54, 1.807) is 0 Å². The summed E-state index contributed by atoms with van der Waals surface area (Å²) in [6.45, 7) is 3.24. The van der Waals surface area contributed by atoms with Crippen LogP contribution in [0.25, 0.3) is 0 Å². The Morgan fingerprint density at radius 2 is 2.22 bits per heavy atom. The lowest BCUT2D eigenvalue weighted by Crippen LogP contribution is -2.26. The summed E-state index contributed by atoms with van der Waals surface area (Å²) in [5.74, 6) is -0.181. The third-order valence-corrected chi connectivity index (χ3v) is 1.17. The lowest BCUT2D eigenvalue weighted by atomic mass is 10.5. The predicted molar refractivity (Wildman–Crippen MR) is 35.2 cm³/mol. The summed E-state index contributed by atoms with van der Waals surface area (Å²) in [5, 5.41) is 0. The summed E-state index contributed by atoms with van der Waals surface area (Å²) < 4.78 is 4.44. The van der Waals surface area contributed by atoms with Crippen molar-refractivity contribution in [1.82, 2.24) is 4.90 Å². The van der Waals surface area contributed by atoms with Gasteiger partial charge in [0.25, 0.3) is 0 Å². The Bertz CT molecular complexity index is 93.1. The van der Waals surface area contributed by atoms with Gasteiger partial charge in [-0.25, -0.2) is 0 Å². The molecule has 3 heteroatoms. The van der Waals surface area contributed by atoms with Gasteiger partial charge < -0.3 is 4.74 Å². The van der Waals surface area contributed by atoms with E-state index in [4.69, 9.17) is 0 Å². The molecule has 0 bridgehead atoms. The maximum absolute atomic E-state index is 10.5. The maximum Gasteiger partial charge on any atom is 0.319 e. The number of nitrogens with zero attached hydrogens (tertiary/aromatic N) is 1. The van der Waals surface area contributed by atoms with Crippen LogP contribution < -0.4 is 0 Å². The second kappa shape index (κ2) is 4.32. The molecule has 0 rings (SSSR count). The van der Waals surface area contributed by atoms with Gasteiger partial charge in [0.1, 0.15) is 0 Å². The molecule has 9 heavy (non-hydrogen) atoms. The van der Waals surface area contributed by atoms with E-state index < -0.39 is 0 Å². The number of esters is 1. The number of likely N-dealkylation sites (N-methyl/N-ethyl adjacent to an activating group) is 1. The van der Waals surface area contributed by atoms with Crippen molar-refractivity contribution in [2.75, 3.05) is 27.2 Å². The highest BCUT2D eigenvalue weighted by molar-refractivity contribution is 5.71. The molecule has 0 amide bonds. The molecule has 54 valence electrons. The Kier molecular flexibility index (Phi) is 4.05. The molecule has 0 aliphatic heterocycles. The predicted octanol–water partition coefficient (Wildman–Crippen LogP) is 0.111. The molecule has 0 aromatic heterocycles. The first kappa shape index (κ1) is 8.43. The van der Waals surface area contributed by atoms with Crippen LogP contribution in [-0.2, 0) is 9.53 Å². The lowest BCUT2D eigenvalue weighted by Gasteiger charge is -2.10. The van der Waals surface area contributed by atoms with Crippen molar-refractivity contribution in [2.45, 2.75) is 6.92 Å². The maximum atomic E-state index is 10.5. The van der Waals surface area contributed by atoms with Crippen LogP contribution in [0, 0.1) is 0 Å². The molecular formula is C6H13NO2. The number of rotatable bonds is 3. The average molecular weight is 131 g/mol. The molecule has 0 saturated carbocycles. The molecular weight excluding hydrogens is 118 g/mol. The summed E-state index contributed by atoms with van der Waals surface area (Å²) in [7, 11) is 3.27. The van der Waals surface area contributed by atoms with Gasteiger partial charge in [0.05, 0.1) is 13.7 Å². The molecule has 0 saturated heterocycles. The molecule has 0 aliphatic rings. The molecule has 0 aromatic carbocycles. The number of carbonyl (C=O) groups excluding carboxylic acids is 1. The second-order valence-corrected chi connectivity index (χ2v) is 1.91. The number of hydrogen-bond donors (Lipinski definition) is 0. The van der Waals surface area contributed by atoms with E-state index in [-0.39, 0.29) is 5.97 Å². The molecule has 0 radical (unpaired) electrons.